The molecule has 1 aliphatic rings. The summed E-state index contributed by atoms with van der Waals surface area (Å²) in [6.45, 7) is 2.02. The van der Waals surface area contributed by atoms with Crippen LogP contribution in [0.2, 0.25) is 0 Å². The number of benzene rings is 1. The summed E-state index contributed by atoms with van der Waals surface area (Å²) < 4.78 is 5.37. The van der Waals surface area contributed by atoms with Crippen molar-refractivity contribution in [3.05, 3.63) is 106 Å². The number of aromatic nitrogens is 2. The molecule has 0 amide bonds. The molecule has 6 nitrogen and oxygen atoms in total. The van der Waals surface area contributed by atoms with Gasteiger partial charge in [0.25, 0.3) is 0 Å². The molecule has 4 rings (SSSR count). The van der Waals surface area contributed by atoms with E-state index in [-0.39, 0.29) is 12.5 Å². The van der Waals surface area contributed by atoms with E-state index in [9.17, 15) is 10.1 Å². The highest BCUT2D eigenvalue weighted by atomic mass is 32.2. The third kappa shape index (κ3) is 4.77. The number of rotatable bonds is 7. The van der Waals surface area contributed by atoms with Gasteiger partial charge in [0.2, 0.25) is 0 Å². The molecule has 35 heavy (non-hydrogen) atoms. The van der Waals surface area contributed by atoms with Gasteiger partial charge in [-0.1, -0.05) is 54.1 Å². The molecule has 174 valence electrons. The summed E-state index contributed by atoms with van der Waals surface area (Å²) in [5, 5.41) is 14.5. The maximum atomic E-state index is 13.0. The molecule has 7 heteroatoms. The van der Waals surface area contributed by atoms with Gasteiger partial charge < -0.3 is 10.1 Å². The lowest BCUT2D eigenvalue weighted by atomic mass is 9.70. The third-order valence-corrected chi connectivity index (χ3v) is 6.90. The van der Waals surface area contributed by atoms with Crippen LogP contribution < -0.4 is 5.32 Å². The fourth-order valence-electron chi connectivity index (χ4n) is 4.49. The number of nitriles is 1. The zero-order valence-electron chi connectivity index (χ0n) is 19.3. The van der Waals surface area contributed by atoms with Gasteiger partial charge in [-0.2, -0.15) is 5.26 Å². The Labute approximate surface area is 209 Å². The molecule has 0 bridgehead atoms. The molecule has 3 aromatic rings. The number of allylic oxidation sites excluding steroid dienone is 1. The quantitative estimate of drug-likeness (QED) is 0.385. The maximum Gasteiger partial charge on any atom is 0.340 e. The normalized spacial score (nSPS) is 19.2. The van der Waals surface area contributed by atoms with Gasteiger partial charge in [0.15, 0.2) is 0 Å². The molecule has 2 unspecified atom stereocenters. The largest absolute Gasteiger partial charge is 0.462 e. The Bertz CT molecular complexity index is 1310. The summed E-state index contributed by atoms with van der Waals surface area (Å²) in [4.78, 5) is 21.5. The molecule has 0 saturated heterocycles. The summed E-state index contributed by atoms with van der Waals surface area (Å²) in [7, 11) is 0. The molecule has 0 fully saturated rings. The lowest BCUT2D eigenvalue weighted by Crippen LogP contribution is -2.48. The highest BCUT2D eigenvalue weighted by Crippen LogP contribution is 2.48. The van der Waals surface area contributed by atoms with Crippen molar-refractivity contribution in [2.45, 2.75) is 24.8 Å². The standard InChI is InChI=1S/C28H24N4O2S/c1-3-15-35-26-23(17-29)22(20-9-8-13-30-18-20)16-28(32-26,21-10-6-5-7-11-21)25-12-14-31-19-24(25)27(33)34-4-2/h1,5-14,18-19,22,32H,4,15-16H2,2H3. The number of thioether (sulfide) groups is 1. The first-order valence-corrected chi connectivity index (χ1v) is 12.2. The summed E-state index contributed by atoms with van der Waals surface area (Å²) >= 11 is 1.40. The van der Waals surface area contributed by atoms with Gasteiger partial charge >= 0.3 is 5.97 Å². The number of terminal acetylenes is 1. The van der Waals surface area contributed by atoms with Gasteiger partial charge in [-0.15, -0.1) is 6.42 Å². The lowest BCUT2D eigenvalue weighted by Gasteiger charge is -2.44. The van der Waals surface area contributed by atoms with Crippen LogP contribution in [0.4, 0.5) is 0 Å². The van der Waals surface area contributed by atoms with Crippen LogP contribution in [0.5, 0.6) is 0 Å². The molecule has 2 atom stereocenters. The van der Waals surface area contributed by atoms with Crippen LogP contribution in [0.25, 0.3) is 0 Å². The number of hydrogen-bond donors (Lipinski definition) is 1. The molecule has 0 aliphatic carbocycles. The van der Waals surface area contributed by atoms with Crippen molar-refractivity contribution < 1.29 is 9.53 Å². The number of nitrogens with one attached hydrogen (secondary N) is 1. The number of ether oxygens (including phenoxy) is 1. The first-order chi connectivity index (χ1) is 17.1. The van der Waals surface area contributed by atoms with Crippen LogP contribution in [0.15, 0.2) is 83.9 Å². The van der Waals surface area contributed by atoms with Crippen molar-refractivity contribution in [1.82, 2.24) is 15.3 Å². The molecule has 0 saturated carbocycles. The second kappa shape index (κ2) is 10.9. The van der Waals surface area contributed by atoms with Gasteiger partial charge in [0.05, 0.1) is 40.1 Å². The van der Waals surface area contributed by atoms with Crippen molar-refractivity contribution in [2.75, 3.05) is 12.4 Å². The van der Waals surface area contributed by atoms with E-state index in [1.807, 2.05) is 48.5 Å². The van der Waals surface area contributed by atoms with Gasteiger partial charge in [-0.3, -0.25) is 9.97 Å². The van der Waals surface area contributed by atoms with E-state index in [1.165, 1.54) is 18.0 Å². The van der Waals surface area contributed by atoms with E-state index in [1.54, 1.807) is 25.5 Å². The Balaban J connectivity index is 2.00. The number of pyridine rings is 2. The van der Waals surface area contributed by atoms with Gasteiger partial charge in [-0.05, 0) is 42.2 Å². The van der Waals surface area contributed by atoms with Crippen LogP contribution in [-0.4, -0.2) is 28.3 Å². The van der Waals surface area contributed by atoms with E-state index < -0.39 is 11.5 Å². The van der Waals surface area contributed by atoms with Crippen LogP contribution in [0.3, 0.4) is 0 Å². The zero-order valence-corrected chi connectivity index (χ0v) is 20.1. The second-order valence-electron chi connectivity index (χ2n) is 7.93. The SMILES string of the molecule is C#CCSC1=C(C#N)C(c2cccnc2)CC(c2ccccc2)(c2ccncc2C(=O)OCC)N1. The van der Waals surface area contributed by atoms with Crippen molar-refractivity contribution in [2.24, 2.45) is 0 Å². The highest BCUT2D eigenvalue weighted by Gasteiger charge is 2.45. The van der Waals surface area contributed by atoms with Crippen molar-refractivity contribution >= 4 is 17.7 Å². The lowest BCUT2D eigenvalue weighted by molar-refractivity contribution is 0.0522. The molecular weight excluding hydrogens is 456 g/mol. The van der Waals surface area contributed by atoms with Crippen molar-refractivity contribution in [3.8, 4) is 18.4 Å². The number of carbonyl (C=O) groups is 1. The highest BCUT2D eigenvalue weighted by molar-refractivity contribution is 8.03. The molecule has 1 N–H and O–H groups in total. The first kappa shape index (κ1) is 24.1. The summed E-state index contributed by atoms with van der Waals surface area (Å²) in [5.74, 6) is 2.31. The average molecular weight is 481 g/mol. The Kier molecular flexibility index (Phi) is 7.50. The van der Waals surface area contributed by atoms with E-state index >= 15 is 0 Å². The van der Waals surface area contributed by atoms with E-state index in [2.05, 4.69) is 27.3 Å². The van der Waals surface area contributed by atoms with E-state index in [0.717, 1.165) is 16.7 Å². The summed E-state index contributed by atoms with van der Waals surface area (Å²) in [6, 6.07) is 18.0. The predicted molar refractivity (Wildman–Crippen MR) is 136 cm³/mol. The Hall–Kier alpha value is -4.07. The predicted octanol–water partition coefficient (Wildman–Crippen LogP) is 4.78. The fraction of sp³-hybridized carbons (Fsp3) is 0.214. The zero-order chi connectivity index (χ0) is 24.7. The minimum absolute atomic E-state index is 0.249. The van der Waals surface area contributed by atoms with Gasteiger partial charge in [0.1, 0.15) is 0 Å². The molecule has 0 spiro atoms. The minimum atomic E-state index is -0.857. The third-order valence-electron chi connectivity index (χ3n) is 5.98. The van der Waals surface area contributed by atoms with Crippen LogP contribution in [0, 0.1) is 23.7 Å². The second-order valence-corrected chi connectivity index (χ2v) is 8.91. The van der Waals surface area contributed by atoms with Gasteiger partial charge in [0, 0.05) is 30.7 Å². The number of hydrogen-bond acceptors (Lipinski definition) is 7. The maximum absolute atomic E-state index is 13.0. The molecule has 2 aromatic heterocycles. The number of carbonyl (C=O) groups excluding carboxylic acids is 1. The smallest absolute Gasteiger partial charge is 0.340 e. The van der Waals surface area contributed by atoms with E-state index in [4.69, 9.17) is 11.2 Å². The van der Waals surface area contributed by atoms with Crippen LogP contribution in [0.1, 0.15) is 46.3 Å². The molecule has 1 aliphatic heterocycles. The number of esters is 1. The Morgan fingerprint density at radius 1 is 1.20 bits per heavy atom. The summed E-state index contributed by atoms with van der Waals surface area (Å²) in [5.41, 5.74) is 2.69. The summed E-state index contributed by atoms with van der Waals surface area (Å²) in [6.07, 6.45) is 12.8. The van der Waals surface area contributed by atoms with Crippen molar-refractivity contribution in [3.63, 3.8) is 0 Å². The number of nitrogens with zero attached hydrogens (tertiary/aromatic N) is 3. The molecule has 3 heterocycles. The molecule has 0 radical (unpaired) electrons. The molecule has 1 aromatic carbocycles. The average Bonchev–Trinajstić information content (AvgIpc) is 2.92. The van der Waals surface area contributed by atoms with Crippen LogP contribution in [-0.2, 0) is 10.3 Å². The van der Waals surface area contributed by atoms with Crippen LogP contribution >= 0.6 is 11.8 Å². The Morgan fingerprint density at radius 2 is 2.00 bits per heavy atom. The first-order valence-electron chi connectivity index (χ1n) is 11.2. The fourth-order valence-corrected chi connectivity index (χ4v) is 5.30. The monoisotopic (exact) mass is 480 g/mol. The topological polar surface area (TPSA) is 87.9 Å². The van der Waals surface area contributed by atoms with E-state index in [0.29, 0.717) is 28.3 Å². The Morgan fingerprint density at radius 3 is 2.69 bits per heavy atom. The molecular formula is C28H24N4O2S. The van der Waals surface area contributed by atoms with Gasteiger partial charge in [-0.25, -0.2) is 4.79 Å². The van der Waals surface area contributed by atoms with Crippen molar-refractivity contribution in [1.29, 1.82) is 5.26 Å². The minimum Gasteiger partial charge on any atom is -0.462 e.